The zero-order chi connectivity index (χ0) is 22.2. The van der Waals surface area contributed by atoms with Gasteiger partial charge in [0.25, 0.3) is 0 Å². The molecular formula is C22H22Cl2N4O2S. The Hall–Kier alpha value is -2.35. The van der Waals surface area contributed by atoms with Gasteiger partial charge in [0.05, 0.1) is 16.4 Å². The number of halogens is 2. The highest BCUT2D eigenvalue weighted by Crippen LogP contribution is 2.28. The van der Waals surface area contributed by atoms with Crippen LogP contribution < -0.4 is 10.6 Å². The number of anilines is 1. The van der Waals surface area contributed by atoms with E-state index in [1.807, 2.05) is 30.3 Å². The van der Waals surface area contributed by atoms with Crippen molar-refractivity contribution in [3.8, 4) is 0 Å². The molecule has 2 aromatic rings. The average Bonchev–Trinajstić information content (AvgIpc) is 2.76. The molecule has 0 radical (unpaired) electrons. The van der Waals surface area contributed by atoms with Crippen molar-refractivity contribution in [1.82, 2.24) is 5.32 Å². The number of thioether (sulfide) groups is 1. The first kappa shape index (κ1) is 23.3. The van der Waals surface area contributed by atoms with E-state index in [-0.39, 0.29) is 18.2 Å². The van der Waals surface area contributed by atoms with E-state index in [2.05, 4.69) is 27.8 Å². The molecule has 0 bridgehead atoms. The molecule has 1 atom stereocenters. The molecule has 1 aliphatic rings. The molecule has 162 valence electrons. The van der Waals surface area contributed by atoms with Gasteiger partial charge in [-0.3, -0.25) is 9.59 Å². The van der Waals surface area contributed by atoms with E-state index in [1.165, 1.54) is 0 Å². The lowest BCUT2D eigenvalue weighted by Crippen LogP contribution is -2.41. The van der Waals surface area contributed by atoms with Crippen LogP contribution in [0, 0.1) is 0 Å². The first-order valence-electron chi connectivity index (χ1n) is 9.88. The molecule has 31 heavy (non-hydrogen) atoms. The molecule has 2 amide bonds. The van der Waals surface area contributed by atoms with Gasteiger partial charge in [0, 0.05) is 11.4 Å². The summed E-state index contributed by atoms with van der Waals surface area (Å²) in [6.45, 7) is 2.11. The zero-order valence-electron chi connectivity index (χ0n) is 16.9. The van der Waals surface area contributed by atoms with Gasteiger partial charge in [0.1, 0.15) is 5.25 Å². The van der Waals surface area contributed by atoms with Crippen molar-refractivity contribution >= 4 is 63.3 Å². The summed E-state index contributed by atoms with van der Waals surface area (Å²) in [5.74, 6) is -0.644. The van der Waals surface area contributed by atoms with Crippen LogP contribution in [-0.4, -0.2) is 27.9 Å². The molecule has 1 aliphatic heterocycles. The smallest absolute Gasteiger partial charge is 0.238 e. The molecule has 0 aliphatic carbocycles. The van der Waals surface area contributed by atoms with Crippen LogP contribution in [0.25, 0.3) is 0 Å². The van der Waals surface area contributed by atoms with E-state index >= 15 is 0 Å². The van der Waals surface area contributed by atoms with Crippen molar-refractivity contribution in [2.45, 2.75) is 37.9 Å². The molecule has 2 N–H and O–H groups in total. The SMILES string of the molecule is CCCCC(=NN=C1NC(=O)CC(C(=O)Nc2cc(Cl)ccc2Cl)S1)c1ccccc1. The summed E-state index contributed by atoms with van der Waals surface area (Å²) in [5.41, 5.74) is 2.22. The van der Waals surface area contributed by atoms with Crippen LogP contribution in [-0.2, 0) is 9.59 Å². The standard InChI is InChI=1S/C22H22Cl2N4O2S/c1-2-3-9-17(14-7-5-4-6-8-14)27-28-22-26-20(29)13-19(31-22)21(30)25-18-12-15(23)10-11-16(18)24/h4-8,10-12,19H,2-3,9,13H2,1H3,(H,25,30)(H,26,28,29). The quantitative estimate of drug-likeness (QED) is 0.408. The van der Waals surface area contributed by atoms with Crippen molar-refractivity contribution < 1.29 is 9.59 Å². The Morgan fingerprint density at radius 3 is 2.74 bits per heavy atom. The van der Waals surface area contributed by atoms with Crippen LogP contribution in [0.3, 0.4) is 0 Å². The maximum absolute atomic E-state index is 12.7. The first-order valence-corrected chi connectivity index (χ1v) is 11.5. The Morgan fingerprint density at radius 1 is 1.23 bits per heavy atom. The molecule has 1 saturated heterocycles. The number of benzene rings is 2. The largest absolute Gasteiger partial charge is 0.324 e. The van der Waals surface area contributed by atoms with Crippen molar-refractivity contribution in [2.75, 3.05) is 5.32 Å². The number of carbonyl (C=O) groups excluding carboxylic acids is 2. The van der Waals surface area contributed by atoms with Gasteiger partial charge in [0.2, 0.25) is 11.8 Å². The Morgan fingerprint density at radius 2 is 2.00 bits per heavy atom. The lowest BCUT2D eigenvalue weighted by atomic mass is 10.1. The fraction of sp³-hybridized carbons (Fsp3) is 0.273. The van der Waals surface area contributed by atoms with E-state index < -0.39 is 5.25 Å². The van der Waals surface area contributed by atoms with Gasteiger partial charge in [0.15, 0.2) is 5.17 Å². The fourth-order valence-corrected chi connectivity index (χ4v) is 4.15. The maximum Gasteiger partial charge on any atom is 0.238 e. The van der Waals surface area contributed by atoms with E-state index in [0.717, 1.165) is 42.3 Å². The molecule has 3 rings (SSSR count). The van der Waals surface area contributed by atoms with Crippen LogP contribution in [0.4, 0.5) is 5.69 Å². The molecule has 1 fully saturated rings. The number of amides is 2. The number of amidine groups is 1. The summed E-state index contributed by atoms with van der Waals surface area (Å²) in [7, 11) is 0. The number of hydrogen-bond donors (Lipinski definition) is 2. The highest BCUT2D eigenvalue weighted by molar-refractivity contribution is 8.15. The lowest BCUT2D eigenvalue weighted by molar-refractivity contribution is -0.123. The summed E-state index contributed by atoms with van der Waals surface area (Å²) in [4.78, 5) is 24.9. The molecule has 1 heterocycles. The van der Waals surface area contributed by atoms with Crippen LogP contribution in [0.15, 0.2) is 58.7 Å². The topological polar surface area (TPSA) is 82.9 Å². The first-order chi connectivity index (χ1) is 15.0. The molecular weight excluding hydrogens is 455 g/mol. The van der Waals surface area contributed by atoms with Crippen molar-refractivity contribution in [2.24, 2.45) is 10.2 Å². The van der Waals surface area contributed by atoms with Crippen LogP contribution in [0.5, 0.6) is 0 Å². The van der Waals surface area contributed by atoms with E-state index in [4.69, 9.17) is 23.2 Å². The van der Waals surface area contributed by atoms with Gasteiger partial charge in [-0.25, -0.2) is 0 Å². The third-order valence-electron chi connectivity index (χ3n) is 4.49. The van der Waals surface area contributed by atoms with Crippen molar-refractivity contribution in [1.29, 1.82) is 0 Å². The number of hydrogen-bond acceptors (Lipinski definition) is 5. The predicted octanol–water partition coefficient (Wildman–Crippen LogP) is 5.50. The summed E-state index contributed by atoms with van der Waals surface area (Å²) in [6.07, 6.45) is 2.80. The fourth-order valence-electron chi connectivity index (χ4n) is 2.88. The van der Waals surface area contributed by atoms with E-state index in [0.29, 0.717) is 20.9 Å². The molecule has 0 spiro atoms. The van der Waals surface area contributed by atoms with E-state index in [1.54, 1.807) is 18.2 Å². The summed E-state index contributed by atoms with van der Waals surface area (Å²) in [6, 6.07) is 14.6. The molecule has 2 aromatic carbocycles. The number of unbranched alkanes of at least 4 members (excludes halogenated alkanes) is 1. The maximum atomic E-state index is 12.7. The zero-order valence-corrected chi connectivity index (χ0v) is 19.2. The Balaban J connectivity index is 1.76. The minimum Gasteiger partial charge on any atom is -0.324 e. The minimum absolute atomic E-state index is 0.0266. The second-order valence-electron chi connectivity index (χ2n) is 6.89. The summed E-state index contributed by atoms with van der Waals surface area (Å²) < 4.78 is 0. The monoisotopic (exact) mass is 476 g/mol. The van der Waals surface area contributed by atoms with Gasteiger partial charge >= 0.3 is 0 Å². The average molecular weight is 477 g/mol. The Labute approximate surface area is 195 Å². The third kappa shape index (κ3) is 6.82. The highest BCUT2D eigenvalue weighted by atomic mass is 35.5. The molecule has 6 nitrogen and oxygen atoms in total. The lowest BCUT2D eigenvalue weighted by Gasteiger charge is -2.22. The third-order valence-corrected chi connectivity index (χ3v) is 6.12. The van der Waals surface area contributed by atoms with Gasteiger partial charge in [-0.2, -0.15) is 5.10 Å². The second kappa shape index (κ2) is 11.3. The Bertz CT molecular complexity index is 1010. The minimum atomic E-state index is -0.659. The second-order valence-corrected chi connectivity index (χ2v) is 8.93. The Kier molecular flexibility index (Phi) is 8.51. The molecule has 0 saturated carbocycles. The van der Waals surface area contributed by atoms with Crippen LogP contribution in [0.2, 0.25) is 10.0 Å². The number of carbonyl (C=O) groups is 2. The normalized spacial score (nSPS) is 18.0. The molecule has 0 aromatic heterocycles. The highest BCUT2D eigenvalue weighted by Gasteiger charge is 2.30. The number of nitrogens with one attached hydrogen (secondary N) is 2. The summed E-state index contributed by atoms with van der Waals surface area (Å²) >= 11 is 13.3. The van der Waals surface area contributed by atoms with Gasteiger partial charge in [-0.05, 0) is 36.6 Å². The number of rotatable bonds is 7. The molecule has 9 heteroatoms. The van der Waals surface area contributed by atoms with Crippen LogP contribution in [0.1, 0.15) is 38.2 Å². The molecule has 1 unspecified atom stereocenters. The van der Waals surface area contributed by atoms with Gasteiger partial charge in [-0.1, -0.05) is 78.6 Å². The van der Waals surface area contributed by atoms with Gasteiger partial charge < -0.3 is 10.6 Å². The van der Waals surface area contributed by atoms with Crippen LogP contribution >= 0.6 is 35.0 Å². The summed E-state index contributed by atoms with van der Waals surface area (Å²) in [5, 5.41) is 14.5. The van der Waals surface area contributed by atoms with E-state index in [9.17, 15) is 9.59 Å². The van der Waals surface area contributed by atoms with Crippen molar-refractivity contribution in [3.63, 3.8) is 0 Å². The number of nitrogens with zero attached hydrogens (tertiary/aromatic N) is 2. The van der Waals surface area contributed by atoms with Crippen molar-refractivity contribution in [3.05, 3.63) is 64.1 Å². The van der Waals surface area contributed by atoms with Gasteiger partial charge in [-0.15, -0.1) is 5.10 Å². The predicted molar refractivity (Wildman–Crippen MR) is 129 cm³/mol.